The second kappa shape index (κ2) is 7.81. The average Bonchev–Trinajstić information content (AvgIpc) is 3.14. The number of fused-ring (bicyclic) bond motifs is 4. The Balaban J connectivity index is 1.65. The Morgan fingerprint density at radius 3 is 2.51 bits per heavy atom. The molecule has 0 aromatic heterocycles. The summed E-state index contributed by atoms with van der Waals surface area (Å²) in [5, 5.41) is 20.0. The number of hydrogen-bond donors (Lipinski definition) is 2. The summed E-state index contributed by atoms with van der Waals surface area (Å²) >= 11 is 13.9. The van der Waals surface area contributed by atoms with Crippen molar-refractivity contribution in [2.75, 3.05) is 14.2 Å². The number of benzene rings is 1. The molecule has 1 aromatic carbocycles. The van der Waals surface area contributed by atoms with Crippen LogP contribution in [0.3, 0.4) is 0 Å². The van der Waals surface area contributed by atoms with Crippen molar-refractivity contribution in [3.63, 3.8) is 0 Å². The van der Waals surface area contributed by atoms with Crippen molar-refractivity contribution in [2.24, 2.45) is 23.7 Å². The van der Waals surface area contributed by atoms with Crippen LogP contribution in [0.1, 0.15) is 18.4 Å². The smallest absolute Gasteiger partial charge is 0.257 e. The number of phenolic OH excluding ortho intramolecular Hbond substituents is 1. The fraction of sp³-hybridized carbons (Fsp3) is 0.417. The highest BCUT2D eigenvalue weighted by atomic mass is 35.5. The van der Waals surface area contributed by atoms with Crippen molar-refractivity contribution >= 4 is 52.9 Å². The van der Waals surface area contributed by atoms with Gasteiger partial charge in [0.05, 0.1) is 18.9 Å². The molecule has 11 heteroatoms. The number of phenols is 1. The van der Waals surface area contributed by atoms with E-state index in [9.17, 15) is 29.5 Å². The third-order valence-electron chi connectivity index (χ3n) is 7.73. The van der Waals surface area contributed by atoms with Crippen LogP contribution in [0.15, 0.2) is 35.9 Å². The number of amides is 4. The number of hydrogen-bond acceptors (Lipinski definition) is 7. The Labute approximate surface area is 210 Å². The summed E-state index contributed by atoms with van der Waals surface area (Å²) in [7, 11) is 2.72. The molecule has 9 nitrogen and oxygen atoms in total. The number of methoxy groups -OCH3 is 1. The van der Waals surface area contributed by atoms with Crippen molar-refractivity contribution in [1.29, 1.82) is 0 Å². The van der Waals surface area contributed by atoms with Gasteiger partial charge in [-0.2, -0.15) is 5.06 Å². The Kier molecular flexibility index (Phi) is 5.32. The molecule has 2 saturated heterocycles. The van der Waals surface area contributed by atoms with E-state index >= 15 is 0 Å². The van der Waals surface area contributed by atoms with Crippen LogP contribution in [0.5, 0.6) is 11.5 Å². The van der Waals surface area contributed by atoms with Gasteiger partial charge in [0.2, 0.25) is 0 Å². The summed E-state index contributed by atoms with van der Waals surface area (Å²) in [6.07, 6.45) is 5.12. The van der Waals surface area contributed by atoms with E-state index in [1.54, 1.807) is 30.4 Å². The Morgan fingerprint density at radius 1 is 1.11 bits per heavy atom. The number of likely N-dealkylation sites (tertiary alicyclic amines) is 1. The van der Waals surface area contributed by atoms with Crippen LogP contribution in [0.4, 0.5) is 0 Å². The number of carbonyl (C=O) groups is 4. The molecule has 5 rings (SSSR count). The van der Waals surface area contributed by atoms with Crippen LogP contribution < -0.4 is 4.74 Å². The van der Waals surface area contributed by atoms with Crippen molar-refractivity contribution in [2.45, 2.75) is 22.6 Å². The standard InChI is InChI=1S/C24H22Cl2N2O7/c1-27-21(32)23(25)10-14-12(5-6-13-18(14)20(31)28(34)19(13)30)15(24(23,26)22(27)33)7-3-11-4-8-16(29)17(9-11)35-2/h3-5,7-9,13-15,18,29,34H,6,10H2,1-2H3/t13-,14+,15-,18-,23+,24-/m0/s1. The van der Waals surface area contributed by atoms with Crippen LogP contribution in [0.2, 0.25) is 0 Å². The molecule has 6 atom stereocenters. The largest absolute Gasteiger partial charge is 0.504 e. The molecule has 0 unspecified atom stereocenters. The molecule has 3 fully saturated rings. The zero-order valence-corrected chi connectivity index (χ0v) is 20.3. The van der Waals surface area contributed by atoms with E-state index in [2.05, 4.69) is 0 Å². The van der Waals surface area contributed by atoms with Gasteiger partial charge in [-0.25, -0.2) is 0 Å². The quantitative estimate of drug-likeness (QED) is 0.271. The molecule has 0 radical (unpaired) electrons. The van der Waals surface area contributed by atoms with Crippen LogP contribution >= 0.6 is 23.2 Å². The first-order valence-electron chi connectivity index (χ1n) is 11.0. The predicted octanol–water partition coefficient (Wildman–Crippen LogP) is 2.32. The molecule has 1 aromatic rings. The Morgan fingerprint density at radius 2 is 1.83 bits per heavy atom. The van der Waals surface area contributed by atoms with Crippen LogP contribution in [0.25, 0.3) is 6.08 Å². The van der Waals surface area contributed by atoms with Gasteiger partial charge in [-0.15, -0.1) is 23.2 Å². The molecular weight excluding hydrogens is 499 g/mol. The number of aromatic hydroxyl groups is 1. The Hall–Kier alpha value is -2.88. The molecule has 4 aliphatic rings. The third kappa shape index (κ3) is 2.98. The topological polar surface area (TPSA) is 124 Å². The van der Waals surface area contributed by atoms with Crippen molar-refractivity contribution < 1.29 is 34.2 Å². The lowest BCUT2D eigenvalue weighted by atomic mass is 9.57. The number of hydroxylamine groups is 2. The molecule has 1 saturated carbocycles. The normalized spacial score (nSPS) is 36.4. The van der Waals surface area contributed by atoms with Gasteiger partial charge in [0.15, 0.2) is 21.2 Å². The SMILES string of the molecule is COc1cc(C=C[C@H]2C3=CC[C@@H]4C(=O)N(O)C(=O)[C@@H]4[C@@H]3C[C@@]3(Cl)C(=O)N(C)C(=O)[C@@]23Cl)ccc1O. The van der Waals surface area contributed by atoms with Crippen LogP contribution in [-0.4, -0.2) is 67.8 Å². The average molecular weight is 521 g/mol. The summed E-state index contributed by atoms with van der Waals surface area (Å²) < 4.78 is 5.15. The highest BCUT2D eigenvalue weighted by molar-refractivity contribution is 6.53. The molecule has 2 N–H and O–H groups in total. The first-order valence-corrected chi connectivity index (χ1v) is 11.7. The summed E-state index contributed by atoms with van der Waals surface area (Å²) in [5.41, 5.74) is 1.24. The highest BCUT2D eigenvalue weighted by Crippen LogP contribution is 2.62. The van der Waals surface area contributed by atoms with Crippen LogP contribution in [-0.2, 0) is 19.2 Å². The maximum atomic E-state index is 13.3. The fourth-order valence-corrected chi connectivity index (χ4v) is 6.96. The molecule has 0 bridgehead atoms. The summed E-state index contributed by atoms with van der Waals surface area (Å²) in [6, 6.07) is 4.67. The number of carbonyl (C=O) groups excluding carboxylic acids is 4. The number of imide groups is 2. The third-order valence-corrected chi connectivity index (χ3v) is 9.16. The lowest BCUT2D eigenvalue weighted by Gasteiger charge is -2.49. The fourth-order valence-electron chi connectivity index (χ4n) is 5.98. The van der Waals surface area contributed by atoms with E-state index in [-0.39, 0.29) is 29.4 Å². The minimum absolute atomic E-state index is 0.0480. The van der Waals surface area contributed by atoms with Gasteiger partial charge in [-0.05, 0) is 36.5 Å². The molecule has 35 heavy (non-hydrogen) atoms. The second-order valence-electron chi connectivity index (χ2n) is 9.32. The zero-order chi connectivity index (χ0) is 25.4. The number of allylic oxidation sites excluding steroid dienone is 3. The van der Waals surface area contributed by atoms with Gasteiger partial charge in [0, 0.05) is 13.0 Å². The molecular formula is C24H22Cl2N2O7. The number of rotatable bonds is 3. The molecule has 2 aliphatic carbocycles. The van der Waals surface area contributed by atoms with Gasteiger partial charge < -0.3 is 9.84 Å². The molecule has 0 spiro atoms. The molecule has 2 heterocycles. The predicted molar refractivity (Wildman–Crippen MR) is 124 cm³/mol. The van der Waals surface area contributed by atoms with E-state index in [1.807, 2.05) is 0 Å². The first-order chi connectivity index (χ1) is 16.5. The van der Waals surface area contributed by atoms with Gasteiger partial charge in [-0.3, -0.25) is 29.3 Å². The van der Waals surface area contributed by atoms with E-state index < -0.39 is 57.0 Å². The van der Waals surface area contributed by atoms with E-state index in [1.165, 1.54) is 20.2 Å². The van der Waals surface area contributed by atoms with Gasteiger partial charge in [-0.1, -0.05) is 29.9 Å². The maximum Gasteiger partial charge on any atom is 0.257 e. The van der Waals surface area contributed by atoms with Gasteiger partial charge in [0.25, 0.3) is 23.6 Å². The monoisotopic (exact) mass is 520 g/mol. The van der Waals surface area contributed by atoms with E-state index in [0.29, 0.717) is 11.1 Å². The van der Waals surface area contributed by atoms with Crippen molar-refractivity contribution in [3.05, 3.63) is 41.5 Å². The molecule has 2 aliphatic heterocycles. The lowest BCUT2D eigenvalue weighted by Crippen LogP contribution is -2.60. The summed E-state index contributed by atoms with van der Waals surface area (Å²) in [6.45, 7) is 0. The molecule has 184 valence electrons. The first kappa shape index (κ1) is 23.8. The summed E-state index contributed by atoms with van der Waals surface area (Å²) in [5.74, 6) is -5.86. The summed E-state index contributed by atoms with van der Waals surface area (Å²) in [4.78, 5) is 48.9. The molecule has 4 amide bonds. The minimum atomic E-state index is -1.86. The van der Waals surface area contributed by atoms with Crippen molar-refractivity contribution in [3.8, 4) is 11.5 Å². The van der Waals surface area contributed by atoms with Crippen LogP contribution in [0, 0.1) is 23.7 Å². The second-order valence-corrected chi connectivity index (χ2v) is 10.6. The van der Waals surface area contributed by atoms with Gasteiger partial charge >= 0.3 is 0 Å². The minimum Gasteiger partial charge on any atom is -0.504 e. The number of alkyl halides is 2. The van der Waals surface area contributed by atoms with E-state index in [4.69, 9.17) is 27.9 Å². The van der Waals surface area contributed by atoms with E-state index in [0.717, 1.165) is 4.90 Å². The Bertz CT molecular complexity index is 1250. The number of halogens is 2. The highest BCUT2D eigenvalue weighted by Gasteiger charge is 2.75. The maximum absolute atomic E-state index is 13.3. The van der Waals surface area contributed by atoms with Crippen molar-refractivity contribution in [1.82, 2.24) is 9.96 Å². The number of nitrogens with zero attached hydrogens (tertiary/aromatic N) is 2. The zero-order valence-electron chi connectivity index (χ0n) is 18.8. The van der Waals surface area contributed by atoms with Gasteiger partial charge in [0.1, 0.15) is 0 Å². The number of ether oxygens (including phenoxy) is 1. The lowest BCUT2D eigenvalue weighted by molar-refractivity contribution is -0.173.